The molecule has 2 aromatic heterocycles. The van der Waals surface area contributed by atoms with E-state index in [9.17, 15) is 14.4 Å². The van der Waals surface area contributed by atoms with Gasteiger partial charge in [-0.3, -0.25) is 14.2 Å². The van der Waals surface area contributed by atoms with E-state index in [2.05, 4.69) is 4.99 Å². The van der Waals surface area contributed by atoms with Crippen LogP contribution in [-0.4, -0.2) is 30.2 Å². The number of allylic oxidation sites excluding steroid dienone is 1. The summed E-state index contributed by atoms with van der Waals surface area (Å²) in [7, 11) is 1.44. The van der Waals surface area contributed by atoms with Crippen molar-refractivity contribution >= 4 is 41.0 Å². The van der Waals surface area contributed by atoms with Gasteiger partial charge >= 0.3 is 11.9 Å². The van der Waals surface area contributed by atoms with Gasteiger partial charge in [-0.2, -0.15) is 0 Å². The van der Waals surface area contributed by atoms with E-state index in [1.807, 2.05) is 18.2 Å². The fourth-order valence-corrected chi connectivity index (χ4v) is 5.82. The van der Waals surface area contributed by atoms with Crippen LogP contribution in [0.2, 0.25) is 5.02 Å². The summed E-state index contributed by atoms with van der Waals surface area (Å²) in [5.41, 5.74) is 1.54. The Morgan fingerprint density at radius 2 is 1.93 bits per heavy atom. The fraction of sp³-hybridized carbons (Fsp3) is 0.200. The number of thiazole rings is 1. The van der Waals surface area contributed by atoms with Gasteiger partial charge in [0.2, 0.25) is 0 Å². The number of furan rings is 1. The molecular formula is C30H25ClN2O7S. The summed E-state index contributed by atoms with van der Waals surface area (Å²) in [6.07, 6.45) is 1.63. The van der Waals surface area contributed by atoms with Crippen LogP contribution in [0.1, 0.15) is 38.1 Å². The fourth-order valence-electron chi connectivity index (χ4n) is 4.57. The largest absolute Gasteiger partial charge is 0.493 e. The van der Waals surface area contributed by atoms with Gasteiger partial charge in [0.05, 0.1) is 40.6 Å². The normalized spacial score (nSPS) is 14.9. The van der Waals surface area contributed by atoms with Gasteiger partial charge in [0.15, 0.2) is 16.3 Å². The van der Waals surface area contributed by atoms with E-state index in [0.717, 1.165) is 5.56 Å². The van der Waals surface area contributed by atoms with Crippen molar-refractivity contribution < 1.29 is 28.2 Å². The Hall–Kier alpha value is -4.41. The van der Waals surface area contributed by atoms with Crippen molar-refractivity contribution in [2.24, 2.45) is 4.99 Å². The molecular weight excluding hydrogens is 568 g/mol. The lowest BCUT2D eigenvalue weighted by molar-refractivity contribution is -0.139. The second kappa shape index (κ2) is 11.6. The summed E-state index contributed by atoms with van der Waals surface area (Å²) in [4.78, 5) is 43.6. The van der Waals surface area contributed by atoms with Crippen LogP contribution in [0.3, 0.4) is 0 Å². The summed E-state index contributed by atoms with van der Waals surface area (Å²) in [5.74, 6) is 0.388. The SMILES string of the molecule is CCOC(=O)C1=C(C)N=c2s/c(=C\c3ccc(-c4ccccc4Cl)o3)c(=O)n2C1c1ccc(OC(C)=O)c(OC)c1. The van der Waals surface area contributed by atoms with Gasteiger partial charge in [0.25, 0.3) is 5.56 Å². The van der Waals surface area contributed by atoms with E-state index < -0.39 is 18.0 Å². The number of aromatic nitrogens is 1. The highest BCUT2D eigenvalue weighted by atomic mass is 35.5. The quantitative estimate of drug-likeness (QED) is 0.227. The van der Waals surface area contributed by atoms with E-state index in [-0.39, 0.29) is 29.2 Å². The maximum absolute atomic E-state index is 13.9. The van der Waals surface area contributed by atoms with Crippen molar-refractivity contribution in [3.63, 3.8) is 0 Å². The highest BCUT2D eigenvalue weighted by Gasteiger charge is 2.34. The van der Waals surface area contributed by atoms with Crippen molar-refractivity contribution in [3.05, 3.63) is 102 Å². The number of hydrogen-bond donors (Lipinski definition) is 0. The molecule has 5 rings (SSSR count). The number of ether oxygens (including phenoxy) is 3. The molecule has 0 amide bonds. The summed E-state index contributed by atoms with van der Waals surface area (Å²) in [6, 6.07) is 14.8. The zero-order chi connectivity index (χ0) is 29.3. The first kappa shape index (κ1) is 28.1. The Bertz CT molecular complexity index is 1880. The van der Waals surface area contributed by atoms with Gasteiger partial charge < -0.3 is 18.6 Å². The van der Waals surface area contributed by atoms with Gasteiger partial charge in [-0.05, 0) is 55.8 Å². The van der Waals surface area contributed by atoms with Crippen LogP contribution in [0, 0.1) is 0 Å². The molecule has 210 valence electrons. The Labute approximate surface area is 243 Å². The molecule has 2 aromatic carbocycles. The molecule has 0 aliphatic carbocycles. The molecule has 11 heteroatoms. The summed E-state index contributed by atoms with van der Waals surface area (Å²) < 4.78 is 23.8. The predicted molar refractivity (Wildman–Crippen MR) is 154 cm³/mol. The number of rotatable bonds is 7. The lowest BCUT2D eigenvalue weighted by Crippen LogP contribution is -2.39. The zero-order valence-electron chi connectivity index (χ0n) is 22.6. The molecule has 1 aliphatic heterocycles. The Morgan fingerprint density at radius 1 is 1.15 bits per heavy atom. The van der Waals surface area contributed by atoms with Crippen LogP contribution in [0.5, 0.6) is 11.5 Å². The first-order valence-electron chi connectivity index (χ1n) is 12.6. The highest BCUT2D eigenvalue weighted by Crippen LogP contribution is 2.36. The monoisotopic (exact) mass is 592 g/mol. The van der Waals surface area contributed by atoms with Gasteiger partial charge in [0.1, 0.15) is 11.5 Å². The van der Waals surface area contributed by atoms with Crippen LogP contribution < -0.4 is 24.4 Å². The topological polar surface area (TPSA) is 109 Å². The third-order valence-electron chi connectivity index (χ3n) is 6.31. The molecule has 0 N–H and O–H groups in total. The van der Waals surface area contributed by atoms with Crippen molar-refractivity contribution in [2.75, 3.05) is 13.7 Å². The average molecular weight is 593 g/mol. The van der Waals surface area contributed by atoms with Gasteiger partial charge in [-0.25, -0.2) is 9.79 Å². The van der Waals surface area contributed by atoms with Crippen LogP contribution in [0.4, 0.5) is 0 Å². The summed E-state index contributed by atoms with van der Waals surface area (Å²) >= 11 is 7.49. The Kier molecular flexibility index (Phi) is 7.96. The number of hydrogen-bond acceptors (Lipinski definition) is 9. The average Bonchev–Trinajstić information content (AvgIpc) is 3.52. The molecule has 0 bridgehead atoms. The Morgan fingerprint density at radius 3 is 2.63 bits per heavy atom. The van der Waals surface area contributed by atoms with E-state index >= 15 is 0 Å². The second-order valence-corrected chi connectivity index (χ2v) is 10.4. The Balaban J connectivity index is 1.66. The lowest BCUT2D eigenvalue weighted by Gasteiger charge is -2.25. The molecule has 1 unspecified atom stereocenters. The summed E-state index contributed by atoms with van der Waals surface area (Å²) in [5, 5.41) is 0.546. The molecule has 9 nitrogen and oxygen atoms in total. The molecule has 4 aromatic rings. The van der Waals surface area contributed by atoms with Crippen molar-refractivity contribution in [2.45, 2.75) is 26.8 Å². The van der Waals surface area contributed by atoms with E-state index in [1.54, 1.807) is 56.3 Å². The van der Waals surface area contributed by atoms with Gasteiger partial charge in [-0.15, -0.1) is 0 Å². The number of nitrogens with zero attached hydrogens (tertiary/aromatic N) is 2. The molecule has 3 heterocycles. The van der Waals surface area contributed by atoms with Crippen molar-refractivity contribution in [1.29, 1.82) is 0 Å². The van der Waals surface area contributed by atoms with Crippen LogP contribution >= 0.6 is 22.9 Å². The minimum atomic E-state index is -0.872. The molecule has 0 saturated carbocycles. The molecule has 1 atom stereocenters. The van der Waals surface area contributed by atoms with Crippen LogP contribution in [0.15, 0.2) is 80.1 Å². The minimum absolute atomic E-state index is 0.147. The first-order chi connectivity index (χ1) is 19.7. The molecule has 1 aliphatic rings. The number of carbonyl (C=O) groups excluding carboxylic acids is 2. The van der Waals surface area contributed by atoms with Crippen LogP contribution in [-0.2, 0) is 14.3 Å². The van der Waals surface area contributed by atoms with E-state index in [4.69, 9.17) is 30.2 Å². The number of methoxy groups -OCH3 is 1. The zero-order valence-corrected chi connectivity index (χ0v) is 24.2. The maximum Gasteiger partial charge on any atom is 0.338 e. The molecule has 0 radical (unpaired) electrons. The second-order valence-electron chi connectivity index (χ2n) is 8.99. The van der Waals surface area contributed by atoms with E-state index in [0.29, 0.717) is 37.1 Å². The highest BCUT2D eigenvalue weighted by molar-refractivity contribution is 7.07. The number of esters is 2. The van der Waals surface area contributed by atoms with Gasteiger partial charge in [0, 0.05) is 18.6 Å². The number of benzene rings is 2. The number of carbonyl (C=O) groups is 2. The molecule has 41 heavy (non-hydrogen) atoms. The maximum atomic E-state index is 13.9. The molecule has 0 saturated heterocycles. The number of halogens is 1. The third kappa shape index (κ3) is 5.48. The third-order valence-corrected chi connectivity index (χ3v) is 7.63. The molecule has 0 spiro atoms. The molecule has 0 fully saturated rings. The number of fused-ring (bicyclic) bond motifs is 1. The standard InChI is InChI=1S/C30H25ClN2O7S/c1-5-38-29(36)26-16(2)32-30-33(27(26)18-10-12-23(39-17(3)34)24(14-18)37-4)28(35)25(41-30)15-19-11-13-22(40-19)20-8-6-7-9-21(20)31/h6-15,27H,5H2,1-4H3/b25-15-. The summed E-state index contributed by atoms with van der Waals surface area (Å²) in [6.45, 7) is 4.83. The first-order valence-corrected chi connectivity index (χ1v) is 13.8. The lowest BCUT2D eigenvalue weighted by atomic mass is 9.95. The van der Waals surface area contributed by atoms with Crippen molar-refractivity contribution in [1.82, 2.24) is 4.57 Å². The minimum Gasteiger partial charge on any atom is -0.493 e. The van der Waals surface area contributed by atoms with Gasteiger partial charge in [-0.1, -0.05) is 41.1 Å². The van der Waals surface area contributed by atoms with E-state index in [1.165, 1.54) is 29.9 Å². The smallest absolute Gasteiger partial charge is 0.338 e. The van der Waals surface area contributed by atoms with Crippen LogP contribution in [0.25, 0.3) is 17.4 Å². The predicted octanol–water partition coefficient (Wildman–Crippen LogP) is 4.65. The van der Waals surface area contributed by atoms with Crippen molar-refractivity contribution in [3.8, 4) is 22.8 Å².